The van der Waals surface area contributed by atoms with Crippen LogP contribution in [-0.4, -0.2) is 23.6 Å². The van der Waals surface area contributed by atoms with E-state index in [9.17, 15) is 4.79 Å². The van der Waals surface area contributed by atoms with Gasteiger partial charge in [0.2, 0.25) is 0 Å². The fraction of sp³-hybridized carbons (Fsp3) is 0.700. The van der Waals surface area contributed by atoms with E-state index >= 15 is 0 Å². The first-order valence-corrected chi connectivity index (χ1v) is 5.66. The Kier molecular flexibility index (Phi) is 5.84. The van der Waals surface area contributed by atoms with Crippen molar-refractivity contribution in [3.05, 3.63) is 11.6 Å². The van der Waals surface area contributed by atoms with Crippen molar-refractivity contribution in [3.63, 3.8) is 0 Å². The molecule has 0 aromatic heterocycles. The van der Waals surface area contributed by atoms with Crippen LogP contribution in [0, 0.1) is 0 Å². The van der Waals surface area contributed by atoms with Gasteiger partial charge in [-0.3, -0.25) is 0 Å². The van der Waals surface area contributed by atoms with Crippen LogP contribution in [0.4, 0.5) is 4.79 Å². The molecule has 0 atom stereocenters. The number of nitrogens with one attached hydrogen (secondary N) is 1. The van der Waals surface area contributed by atoms with Crippen LogP contribution in [0.5, 0.6) is 0 Å². The minimum atomic E-state index is -0.432. The number of alkyl carbamates (subject to hydrolysis) is 1. The summed E-state index contributed by atoms with van der Waals surface area (Å²) in [5, 5.41) is 3.47. The van der Waals surface area contributed by atoms with Crippen molar-refractivity contribution in [2.75, 3.05) is 11.9 Å². The number of hydrogen-bond donors (Lipinski definition) is 1. The van der Waals surface area contributed by atoms with Gasteiger partial charge >= 0.3 is 6.09 Å². The minimum absolute atomic E-state index is 0.379. The van der Waals surface area contributed by atoms with Crippen molar-refractivity contribution in [3.8, 4) is 0 Å². The Labute approximate surface area is 94.0 Å². The summed E-state index contributed by atoms with van der Waals surface area (Å²) in [6, 6.07) is 0. The molecule has 0 radical (unpaired) electrons. The molecule has 0 bridgehead atoms. The van der Waals surface area contributed by atoms with E-state index in [0.29, 0.717) is 6.54 Å². The number of amides is 1. The number of halogens is 1. The number of hydrogen-bond acceptors (Lipinski definition) is 2. The monoisotopic (exact) mass is 263 g/mol. The smallest absolute Gasteiger partial charge is 0.407 e. The fourth-order valence-corrected chi connectivity index (χ4v) is 0.906. The first kappa shape index (κ1) is 13.5. The Morgan fingerprint density at radius 3 is 2.50 bits per heavy atom. The van der Waals surface area contributed by atoms with E-state index < -0.39 is 5.60 Å². The average molecular weight is 264 g/mol. The molecule has 0 unspecified atom stereocenters. The van der Waals surface area contributed by atoms with Crippen LogP contribution in [0.3, 0.4) is 0 Å². The van der Waals surface area contributed by atoms with E-state index in [4.69, 9.17) is 4.74 Å². The third-order valence-corrected chi connectivity index (χ3v) is 2.19. The van der Waals surface area contributed by atoms with Gasteiger partial charge in [0.1, 0.15) is 5.60 Å². The van der Waals surface area contributed by atoms with E-state index in [2.05, 4.69) is 21.2 Å². The highest BCUT2D eigenvalue weighted by molar-refractivity contribution is 9.09. The van der Waals surface area contributed by atoms with Crippen molar-refractivity contribution in [1.29, 1.82) is 0 Å². The van der Waals surface area contributed by atoms with E-state index in [0.717, 1.165) is 5.33 Å². The molecule has 0 aliphatic heterocycles. The van der Waals surface area contributed by atoms with Crippen LogP contribution in [0.25, 0.3) is 0 Å². The zero-order valence-electron chi connectivity index (χ0n) is 9.19. The van der Waals surface area contributed by atoms with E-state index in [1.54, 1.807) is 0 Å². The molecule has 0 fully saturated rings. The van der Waals surface area contributed by atoms with Gasteiger partial charge in [0, 0.05) is 11.9 Å². The molecular formula is C10H18BrNO2. The van der Waals surface area contributed by atoms with Gasteiger partial charge < -0.3 is 10.1 Å². The average Bonchev–Trinajstić information content (AvgIpc) is 2.00. The zero-order valence-corrected chi connectivity index (χ0v) is 10.8. The molecule has 0 rings (SSSR count). The van der Waals surface area contributed by atoms with Crippen molar-refractivity contribution >= 4 is 22.0 Å². The largest absolute Gasteiger partial charge is 0.444 e. The van der Waals surface area contributed by atoms with Gasteiger partial charge in [-0.1, -0.05) is 27.6 Å². The second kappa shape index (κ2) is 6.06. The molecule has 3 nitrogen and oxygen atoms in total. The SMILES string of the molecule is C/C(=C\CNC(=O)OC(C)(C)C)CBr. The lowest BCUT2D eigenvalue weighted by Crippen LogP contribution is -2.32. The third kappa shape index (κ3) is 8.10. The maximum atomic E-state index is 11.2. The highest BCUT2D eigenvalue weighted by Crippen LogP contribution is 2.06. The van der Waals surface area contributed by atoms with Crippen molar-refractivity contribution in [1.82, 2.24) is 5.32 Å². The predicted molar refractivity (Wildman–Crippen MR) is 61.8 cm³/mol. The van der Waals surface area contributed by atoms with Crippen LogP contribution in [0.1, 0.15) is 27.7 Å². The number of carbonyl (C=O) groups excluding carboxylic acids is 1. The molecule has 0 aliphatic rings. The summed E-state index contributed by atoms with van der Waals surface area (Å²) in [7, 11) is 0. The zero-order chi connectivity index (χ0) is 11.2. The molecule has 1 N–H and O–H groups in total. The molecule has 0 aliphatic carbocycles. The number of rotatable bonds is 3. The van der Waals surface area contributed by atoms with Crippen LogP contribution in [0.15, 0.2) is 11.6 Å². The Bertz CT molecular complexity index is 219. The molecule has 82 valence electrons. The van der Waals surface area contributed by atoms with E-state index in [-0.39, 0.29) is 6.09 Å². The molecule has 4 heteroatoms. The van der Waals surface area contributed by atoms with Crippen LogP contribution < -0.4 is 5.32 Å². The summed E-state index contributed by atoms with van der Waals surface area (Å²) in [6.07, 6.45) is 1.56. The normalized spacial score (nSPS) is 12.5. The quantitative estimate of drug-likeness (QED) is 0.628. The van der Waals surface area contributed by atoms with Crippen LogP contribution >= 0.6 is 15.9 Å². The lowest BCUT2D eigenvalue weighted by atomic mass is 10.2. The lowest BCUT2D eigenvalue weighted by Gasteiger charge is -2.19. The van der Waals surface area contributed by atoms with Gasteiger partial charge in [-0.05, 0) is 27.7 Å². The van der Waals surface area contributed by atoms with Gasteiger partial charge in [-0.25, -0.2) is 4.79 Å². The van der Waals surface area contributed by atoms with Gasteiger partial charge in [0.05, 0.1) is 0 Å². The molecule has 14 heavy (non-hydrogen) atoms. The maximum Gasteiger partial charge on any atom is 0.407 e. The number of ether oxygens (including phenoxy) is 1. The summed E-state index contributed by atoms with van der Waals surface area (Å²) in [5.74, 6) is 0. The number of carbonyl (C=O) groups is 1. The summed E-state index contributed by atoms with van der Waals surface area (Å²) < 4.78 is 5.06. The highest BCUT2D eigenvalue weighted by Gasteiger charge is 2.14. The van der Waals surface area contributed by atoms with Gasteiger partial charge in [0.15, 0.2) is 0 Å². The van der Waals surface area contributed by atoms with Crippen LogP contribution in [0.2, 0.25) is 0 Å². The minimum Gasteiger partial charge on any atom is -0.444 e. The van der Waals surface area contributed by atoms with Gasteiger partial charge in [-0.2, -0.15) is 0 Å². The first-order chi connectivity index (χ1) is 6.35. The van der Waals surface area contributed by atoms with E-state index in [1.165, 1.54) is 5.57 Å². The molecule has 0 aromatic rings. The lowest BCUT2D eigenvalue weighted by molar-refractivity contribution is 0.0534. The Hall–Kier alpha value is -0.510. The molecule has 0 heterocycles. The summed E-state index contributed by atoms with van der Waals surface area (Å²) in [6.45, 7) is 8.02. The second-order valence-corrected chi connectivity index (χ2v) is 4.63. The topological polar surface area (TPSA) is 38.3 Å². The van der Waals surface area contributed by atoms with Gasteiger partial charge in [0.25, 0.3) is 0 Å². The Morgan fingerprint density at radius 2 is 2.07 bits per heavy atom. The van der Waals surface area contributed by atoms with Gasteiger partial charge in [-0.15, -0.1) is 0 Å². The first-order valence-electron chi connectivity index (χ1n) is 4.53. The summed E-state index contributed by atoms with van der Waals surface area (Å²) in [5.41, 5.74) is 0.749. The Morgan fingerprint density at radius 1 is 1.50 bits per heavy atom. The van der Waals surface area contributed by atoms with E-state index in [1.807, 2.05) is 33.8 Å². The third-order valence-electron chi connectivity index (χ3n) is 1.31. The number of alkyl halides is 1. The standard InChI is InChI=1S/C10H18BrNO2/c1-8(7-11)5-6-12-9(13)14-10(2,3)4/h5H,6-7H2,1-4H3,(H,12,13)/b8-5+. The maximum absolute atomic E-state index is 11.2. The molecule has 0 saturated carbocycles. The number of allylic oxidation sites excluding steroid dienone is 1. The van der Waals surface area contributed by atoms with Crippen molar-refractivity contribution < 1.29 is 9.53 Å². The molecule has 1 amide bonds. The molecular weight excluding hydrogens is 246 g/mol. The van der Waals surface area contributed by atoms with Crippen LogP contribution in [-0.2, 0) is 4.74 Å². The fourth-order valence-electron chi connectivity index (χ4n) is 0.677. The van der Waals surface area contributed by atoms with Crippen molar-refractivity contribution in [2.24, 2.45) is 0 Å². The summed E-state index contributed by atoms with van der Waals surface area (Å²) in [4.78, 5) is 11.2. The molecule has 0 saturated heterocycles. The second-order valence-electron chi connectivity index (χ2n) is 4.07. The molecule has 0 spiro atoms. The highest BCUT2D eigenvalue weighted by atomic mass is 79.9. The van der Waals surface area contributed by atoms with Crippen molar-refractivity contribution in [2.45, 2.75) is 33.3 Å². The Balaban J connectivity index is 3.76. The molecule has 0 aromatic carbocycles. The summed E-state index contributed by atoms with van der Waals surface area (Å²) >= 11 is 3.32. The predicted octanol–water partition coefficient (Wildman–Crippen LogP) is 2.85.